The van der Waals surface area contributed by atoms with Gasteiger partial charge >= 0.3 is 5.97 Å². The van der Waals surface area contributed by atoms with Crippen molar-refractivity contribution in [3.63, 3.8) is 0 Å². The highest BCUT2D eigenvalue weighted by atomic mass is 35.5. The van der Waals surface area contributed by atoms with Crippen molar-refractivity contribution >= 4 is 23.5 Å². The summed E-state index contributed by atoms with van der Waals surface area (Å²) in [5.41, 5.74) is 2.22. The molecule has 26 heavy (non-hydrogen) atoms. The second-order valence-corrected chi connectivity index (χ2v) is 7.25. The molecule has 1 aromatic carbocycles. The van der Waals surface area contributed by atoms with Gasteiger partial charge in [-0.05, 0) is 50.3 Å². The van der Waals surface area contributed by atoms with E-state index in [1.165, 1.54) is 12.7 Å². The van der Waals surface area contributed by atoms with Crippen LogP contribution in [0.15, 0.2) is 41.9 Å². The van der Waals surface area contributed by atoms with Gasteiger partial charge in [-0.15, -0.1) is 0 Å². The summed E-state index contributed by atoms with van der Waals surface area (Å²) < 4.78 is 7.56. The van der Waals surface area contributed by atoms with Crippen molar-refractivity contribution in [1.29, 1.82) is 0 Å². The van der Waals surface area contributed by atoms with E-state index in [2.05, 4.69) is 15.4 Å². The first-order chi connectivity index (χ1) is 12.6. The molecule has 1 aromatic heterocycles. The van der Waals surface area contributed by atoms with Gasteiger partial charge in [0, 0.05) is 10.7 Å². The normalized spacial score (nSPS) is 20.5. The van der Waals surface area contributed by atoms with Gasteiger partial charge in [0.15, 0.2) is 0 Å². The van der Waals surface area contributed by atoms with Crippen molar-refractivity contribution in [1.82, 2.24) is 14.8 Å². The summed E-state index contributed by atoms with van der Waals surface area (Å²) in [7, 11) is 0. The highest BCUT2D eigenvalue weighted by molar-refractivity contribution is 6.30. The minimum absolute atomic E-state index is 0.000406. The molecule has 1 atom stereocenters. The van der Waals surface area contributed by atoms with E-state index in [1.54, 1.807) is 4.68 Å². The van der Waals surface area contributed by atoms with E-state index in [4.69, 9.17) is 16.3 Å². The zero-order valence-corrected chi connectivity index (χ0v) is 15.4. The van der Waals surface area contributed by atoms with Crippen LogP contribution in [0.25, 0.3) is 0 Å². The standard InChI is InChI=1S/C19H21ClN4O2/c1-12-16(18(25)26-15-5-3-2-4-6-15)17(13-7-9-14(20)10-8-13)24-19(23-12)21-11-22-24/h7-11,15,17H,2-6H2,1H3,(H,21,22,23)/t17-/m0/s1. The zero-order chi connectivity index (χ0) is 18.1. The summed E-state index contributed by atoms with van der Waals surface area (Å²) in [6.07, 6.45) is 6.79. The molecule has 1 aliphatic heterocycles. The summed E-state index contributed by atoms with van der Waals surface area (Å²) >= 11 is 6.04. The van der Waals surface area contributed by atoms with Crippen LogP contribution in [0, 0.1) is 0 Å². The fourth-order valence-corrected chi connectivity index (χ4v) is 3.83. The predicted octanol–water partition coefficient (Wildman–Crippen LogP) is 4.10. The first-order valence-corrected chi connectivity index (χ1v) is 9.35. The highest BCUT2D eigenvalue weighted by Gasteiger charge is 2.35. The molecule has 0 saturated heterocycles. The monoisotopic (exact) mass is 372 g/mol. The van der Waals surface area contributed by atoms with E-state index in [9.17, 15) is 4.79 Å². The summed E-state index contributed by atoms with van der Waals surface area (Å²) in [5.74, 6) is 0.319. The molecule has 0 radical (unpaired) electrons. The second kappa shape index (κ2) is 7.11. The number of carbonyl (C=O) groups is 1. The van der Waals surface area contributed by atoms with Gasteiger partial charge in [0.2, 0.25) is 5.95 Å². The molecule has 2 aliphatic rings. The Labute approximate surface area is 157 Å². The molecular formula is C19H21ClN4O2. The highest BCUT2D eigenvalue weighted by Crippen LogP contribution is 2.36. The Hall–Kier alpha value is -2.34. The van der Waals surface area contributed by atoms with Crippen LogP contribution >= 0.6 is 11.6 Å². The third-order valence-electron chi connectivity index (χ3n) is 5.03. The number of hydrogen-bond donors (Lipinski definition) is 1. The SMILES string of the molecule is CC1=C(C(=O)OC2CCCCC2)[C@H](c2ccc(Cl)cc2)n2ncnc2N1. The first-order valence-electron chi connectivity index (χ1n) is 8.97. The number of benzene rings is 1. The van der Waals surface area contributed by atoms with Crippen molar-refractivity contribution in [2.24, 2.45) is 0 Å². The van der Waals surface area contributed by atoms with E-state index in [0.717, 1.165) is 36.9 Å². The van der Waals surface area contributed by atoms with Crippen LogP contribution < -0.4 is 5.32 Å². The quantitative estimate of drug-likeness (QED) is 0.821. The minimum atomic E-state index is -0.387. The Balaban J connectivity index is 1.69. The van der Waals surface area contributed by atoms with Gasteiger partial charge in [0.05, 0.1) is 5.57 Å². The molecule has 2 aromatic rings. The van der Waals surface area contributed by atoms with Crippen LogP contribution in [0.5, 0.6) is 0 Å². The average Bonchev–Trinajstić information content (AvgIpc) is 3.10. The van der Waals surface area contributed by atoms with Crippen LogP contribution in [-0.4, -0.2) is 26.8 Å². The lowest BCUT2D eigenvalue weighted by atomic mass is 9.95. The van der Waals surface area contributed by atoms with Crippen molar-refractivity contribution in [3.8, 4) is 0 Å². The third kappa shape index (κ3) is 3.21. The van der Waals surface area contributed by atoms with Gasteiger partial charge in [-0.3, -0.25) is 0 Å². The molecule has 4 rings (SSSR count). The van der Waals surface area contributed by atoms with Gasteiger partial charge in [0.1, 0.15) is 18.5 Å². The lowest BCUT2D eigenvalue weighted by Crippen LogP contribution is -2.32. The van der Waals surface area contributed by atoms with Gasteiger partial charge in [-0.1, -0.05) is 30.2 Å². The molecule has 1 aliphatic carbocycles. The van der Waals surface area contributed by atoms with Gasteiger partial charge in [-0.2, -0.15) is 10.1 Å². The second-order valence-electron chi connectivity index (χ2n) is 6.81. The number of anilines is 1. The maximum atomic E-state index is 13.1. The van der Waals surface area contributed by atoms with E-state index < -0.39 is 0 Å². The van der Waals surface area contributed by atoms with E-state index in [0.29, 0.717) is 16.5 Å². The van der Waals surface area contributed by atoms with Crippen molar-refractivity contribution in [3.05, 3.63) is 52.4 Å². The van der Waals surface area contributed by atoms with E-state index >= 15 is 0 Å². The number of nitrogens with one attached hydrogen (secondary N) is 1. The smallest absolute Gasteiger partial charge is 0.338 e. The molecule has 0 bridgehead atoms. The van der Waals surface area contributed by atoms with Crippen LogP contribution in [0.4, 0.5) is 5.95 Å². The van der Waals surface area contributed by atoms with Crippen LogP contribution in [0.1, 0.15) is 50.6 Å². The maximum Gasteiger partial charge on any atom is 0.338 e. The molecular weight excluding hydrogens is 352 g/mol. The number of nitrogens with zero attached hydrogens (tertiary/aromatic N) is 3. The topological polar surface area (TPSA) is 69.0 Å². The van der Waals surface area contributed by atoms with Crippen LogP contribution in [-0.2, 0) is 9.53 Å². The van der Waals surface area contributed by atoms with Gasteiger partial charge in [0.25, 0.3) is 0 Å². The third-order valence-corrected chi connectivity index (χ3v) is 5.28. The molecule has 0 amide bonds. The minimum Gasteiger partial charge on any atom is -0.459 e. The van der Waals surface area contributed by atoms with Crippen molar-refractivity contribution in [2.75, 3.05) is 5.32 Å². The molecule has 136 valence electrons. The number of halogens is 1. The lowest BCUT2D eigenvalue weighted by molar-refractivity contribution is -0.146. The number of carbonyl (C=O) groups excluding carboxylic acids is 1. The Morgan fingerprint density at radius 3 is 2.69 bits per heavy atom. The number of fused-ring (bicyclic) bond motifs is 1. The number of hydrogen-bond acceptors (Lipinski definition) is 5. The van der Waals surface area contributed by atoms with Gasteiger partial charge in [-0.25, -0.2) is 9.48 Å². The largest absolute Gasteiger partial charge is 0.459 e. The first kappa shape index (κ1) is 17.1. The molecule has 2 heterocycles. The molecule has 6 nitrogen and oxygen atoms in total. The van der Waals surface area contributed by atoms with Crippen molar-refractivity contribution in [2.45, 2.75) is 51.2 Å². The molecule has 1 fully saturated rings. The predicted molar refractivity (Wildman–Crippen MR) is 98.9 cm³/mol. The maximum absolute atomic E-state index is 13.1. The molecule has 0 unspecified atom stereocenters. The lowest BCUT2D eigenvalue weighted by Gasteiger charge is -2.30. The number of rotatable bonds is 3. The fourth-order valence-electron chi connectivity index (χ4n) is 3.71. The van der Waals surface area contributed by atoms with Crippen LogP contribution in [0.2, 0.25) is 5.02 Å². The summed E-state index contributed by atoms with van der Waals surface area (Å²) in [6.45, 7) is 1.87. The summed E-state index contributed by atoms with van der Waals surface area (Å²) in [6, 6.07) is 7.06. The zero-order valence-electron chi connectivity index (χ0n) is 14.6. The molecule has 1 saturated carbocycles. The Morgan fingerprint density at radius 2 is 1.96 bits per heavy atom. The fraction of sp³-hybridized carbons (Fsp3) is 0.421. The number of ether oxygens (including phenoxy) is 1. The Bertz CT molecular complexity index is 837. The Morgan fingerprint density at radius 1 is 1.23 bits per heavy atom. The Kier molecular flexibility index (Phi) is 4.68. The number of aromatic nitrogens is 3. The summed E-state index contributed by atoms with van der Waals surface area (Å²) in [4.78, 5) is 17.3. The molecule has 7 heteroatoms. The van der Waals surface area contributed by atoms with Crippen LogP contribution in [0.3, 0.4) is 0 Å². The van der Waals surface area contributed by atoms with Gasteiger partial charge < -0.3 is 10.1 Å². The van der Waals surface area contributed by atoms with E-state index in [-0.39, 0.29) is 18.1 Å². The van der Waals surface area contributed by atoms with E-state index in [1.807, 2.05) is 31.2 Å². The number of esters is 1. The molecule has 0 spiro atoms. The van der Waals surface area contributed by atoms with Crippen molar-refractivity contribution < 1.29 is 9.53 Å². The summed E-state index contributed by atoms with van der Waals surface area (Å²) in [5, 5.41) is 8.13. The average molecular weight is 373 g/mol. The number of allylic oxidation sites excluding steroid dienone is 1. The molecule has 1 N–H and O–H groups in total.